The number of alkyl halides is 3. The van der Waals surface area contributed by atoms with E-state index in [1.807, 2.05) is 30.3 Å². The molecule has 27 heavy (non-hydrogen) atoms. The van der Waals surface area contributed by atoms with Crippen molar-refractivity contribution >= 4 is 0 Å². The summed E-state index contributed by atoms with van der Waals surface area (Å²) in [6.07, 6.45) is -4.73. The Hall–Kier alpha value is -3.46. The third-order valence-electron chi connectivity index (χ3n) is 3.76. The summed E-state index contributed by atoms with van der Waals surface area (Å²) in [6.45, 7) is 0.332. The molecular formula is C21H14F3NO2. The largest absolute Gasteiger partial charge is 0.573 e. The van der Waals surface area contributed by atoms with Crippen LogP contribution >= 0.6 is 0 Å². The van der Waals surface area contributed by atoms with E-state index in [2.05, 4.69) is 10.8 Å². The normalized spacial score (nSPS) is 10.9. The Labute approximate surface area is 154 Å². The van der Waals surface area contributed by atoms with Gasteiger partial charge in [0.1, 0.15) is 24.2 Å². The van der Waals surface area contributed by atoms with Crippen molar-refractivity contribution in [2.24, 2.45) is 0 Å². The number of ether oxygens (including phenoxy) is 2. The molecule has 0 radical (unpaired) electrons. The van der Waals surface area contributed by atoms with Gasteiger partial charge >= 0.3 is 6.36 Å². The minimum Gasteiger partial charge on any atom is -0.488 e. The van der Waals surface area contributed by atoms with Crippen LogP contribution in [0.2, 0.25) is 0 Å². The van der Waals surface area contributed by atoms with Crippen molar-refractivity contribution in [3.8, 4) is 28.7 Å². The number of halogens is 3. The Balaban J connectivity index is 1.76. The first-order valence-corrected chi connectivity index (χ1v) is 8.02. The molecule has 0 amide bonds. The lowest BCUT2D eigenvalue weighted by Gasteiger charge is -2.11. The van der Waals surface area contributed by atoms with Crippen LogP contribution in [0.5, 0.6) is 11.5 Å². The zero-order valence-electron chi connectivity index (χ0n) is 14.0. The van der Waals surface area contributed by atoms with Crippen LogP contribution in [0.25, 0.3) is 11.1 Å². The maximum Gasteiger partial charge on any atom is 0.573 e. The van der Waals surface area contributed by atoms with Crippen LogP contribution in [-0.2, 0) is 6.61 Å². The van der Waals surface area contributed by atoms with Gasteiger partial charge in [-0.25, -0.2) is 0 Å². The van der Waals surface area contributed by atoms with Gasteiger partial charge in [-0.15, -0.1) is 13.2 Å². The van der Waals surface area contributed by atoms with Crippen molar-refractivity contribution in [3.05, 3.63) is 83.9 Å². The first-order chi connectivity index (χ1) is 12.9. The van der Waals surface area contributed by atoms with E-state index in [0.717, 1.165) is 5.56 Å². The highest BCUT2D eigenvalue weighted by Crippen LogP contribution is 2.29. The lowest BCUT2D eigenvalue weighted by molar-refractivity contribution is -0.274. The Morgan fingerprint density at radius 2 is 1.52 bits per heavy atom. The molecule has 0 unspecified atom stereocenters. The Kier molecular flexibility index (Phi) is 5.32. The summed E-state index contributed by atoms with van der Waals surface area (Å²) in [4.78, 5) is 0. The fourth-order valence-corrected chi connectivity index (χ4v) is 2.51. The van der Waals surface area contributed by atoms with Gasteiger partial charge in [-0.05, 0) is 41.0 Å². The minimum absolute atomic E-state index is 0.297. The number of hydrogen-bond acceptors (Lipinski definition) is 3. The van der Waals surface area contributed by atoms with E-state index in [-0.39, 0.29) is 5.75 Å². The van der Waals surface area contributed by atoms with Gasteiger partial charge in [0.15, 0.2) is 0 Å². The number of benzene rings is 3. The topological polar surface area (TPSA) is 42.2 Å². The first-order valence-electron chi connectivity index (χ1n) is 8.02. The third-order valence-corrected chi connectivity index (χ3v) is 3.76. The van der Waals surface area contributed by atoms with Gasteiger partial charge in [0.25, 0.3) is 0 Å². The number of nitriles is 1. The van der Waals surface area contributed by atoms with Crippen LogP contribution in [0, 0.1) is 11.3 Å². The molecule has 0 saturated carbocycles. The summed E-state index contributed by atoms with van der Waals surface area (Å²) in [6, 6.07) is 22.2. The Morgan fingerprint density at radius 1 is 0.852 bits per heavy atom. The summed E-state index contributed by atoms with van der Waals surface area (Å²) in [5.41, 5.74) is 2.68. The SMILES string of the molecule is N#Cc1cc(-c2ccc(OC(F)(F)F)cc2)ccc1OCc1ccccc1. The lowest BCUT2D eigenvalue weighted by Crippen LogP contribution is -2.16. The molecular weight excluding hydrogens is 355 g/mol. The zero-order chi connectivity index (χ0) is 19.3. The van der Waals surface area contributed by atoms with Gasteiger partial charge in [-0.1, -0.05) is 48.5 Å². The molecule has 0 aliphatic heterocycles. The van der Waals surface area contributed by atoms with Crippen LogP contribution in [0.3, 0.4) is 0 Å². The fourth-order valence-electron chi connectivity index (χ4n) is 2.51. The van der Waals surface area contributed by atoms with Crippen LogP contribution in [-0.4, -0.2) is 6.36 Å². The molecule has 0 aromatic heterocycles. The van der Waals surface area contributed by atoms with Gasteiger partial charge in [0.05, 0.1) is 5.56 Å². The molecule has 0 aliphatic carbocycles. The van der Waals surface area contributed by atoms with E-state index in [0.29, 0.717) is 29.0 Å². The predicted octanol–water partition coefficient (Wildman–Crippen LogP) is 5.70. The molecule has 136 valence electrons. The third kappa shape index (κ3) is 5.02. The molecule has 6 heteroatoms. The van der Waals surface area contributed by atoms with Gasteiger partial charge in [0.2, 0.25) is 0 Å². The van der Waals surface area contributed by atoms with Crippen molar-refractivity contribution in [2.45, 2.75) is 13.0 Å². The second kappa shape index (κ2) is 7.83. The second-order valence-corrected chi connectivity index (χ2v) is 5.67. The van der Waals surface area contributed by atoms with E-state index in [1.165, 1.54) is 24.3 Å². The minimum atomic E-state index is -4.73. The predicted molar refractivity (Wildman–Crippen MR) is 94.1 cm³/mol. The smallest absolute Gasteiger partial charge is 0.488 e. The maximum absolute atomic E-state index is 12.2. The molecule has 0 fully saturated rings. The molecule has 0 aliphatic rings. The highest BCUT2D eigenvalue weighted by molar-refractivity contribution is 5.67. The number of hydrogen-bond donors (Lipinski definition) is 0. The molecule has 0 spiro atoms. The van der Waals surface area contributed by atoms with Crippen molar-refractivity contribution in [2.75, 3.05) is 0 Å². The van der Waals surface area contributed by atoms with E-state index in [9.17, 15) is 18.4 Å². The van der Waals surface area contributed by atoms with Gasteiger partial charge < -0.3 is 9.47 Å². The van der Waals surface area contributed by atoms with E-state index in [4.69, 9.17) is 4.74 Å². The zero-order valence-corrected chi connectivity index (χ0v) is 14.0. The maximum atomic E-state index is 12.2. The Morgan fingerprint density at radius 3 is 2.15 bits per heavy atom. The average molecular weight is 369 g/mol. The molecule has 0 heterocycles. The highest BCUT2D eigenvalue weighted by atomic mass is 19.4. The molecule has 3 rings (SSSR count). The average Bonchev–Trinajstić information content (AvgIpc) is 2.66. The highest BCUT2D eigenvalue weighted by Gasteiger charge is 2.30. The monoisotopic (exact) mass is 369 g/mol. The number of nitrogens with zero attached hydrogens (tertiary/aromatic N) is 1. The lowest BCUT2D eigenvalue weighted by atomic mass is 10.0. The standard InChI is InChI=1S/C21H14F3NO2/c22-21(23,24)27-19-9-6-16(7-10-19)17-8-11-20(18(12-17)13-25)26-14-15-4-2-1-3-5-15/h1-12H,14H2. The summed E-state index contributed by atoms with van der Waals surface area (Å²) in [5, 5.41) is 9.38. The fraction of sp³-hybridized carbons (Fsp3) is 0.0952. The molecule has 0 saturated heterocycles. The van der Waals surface area contributed by atoms with Crippen molar-refractivity contribution < 1.29 is 22.6 Å². The van der Waals surface area contributed by atoms with Gasteiger partial charge in [-0.2, -0.15) is 5.26 Å². The summed E-state index contributed by atoms with van der Waals surface area (Å²) in [5.74, 6) is 0.150. The van der Waals surface area contributed by atoms with Crippen LogP contribution in [0.4, 0.5) is 13.2 Å². The molecule has 3 nitrogen and oxygen atoms in total. The van der Waals surface area contributed by atoms with Crippen LogP contribution in [0.1, 0.15) is 11.1 Å². The van der Waals surface area contributed by atoms with Crippen LogP contribution < -0.4 is 9.47 Å². The molecule has 3 aromatic rings. The first kappa shape index (κ1) is 18.3. The molecule has 0 bridgehead atoms. The summed E-state index contributed by atoms with van der Waals surface area (Å²) < 4.78 is 46.3. The van der Waals surface area contributed by atoms with Crippen LogP contribution in [0.15, 0.2) is 72.8 Å². The summed E-state index contributed by atoms with van der Waals surface area (Å²) in [7, 11) is 0. The van der Waals surface area contributed by atoms with E-state index in [1.54, 1.807) is 18.2 Å². The molecule has 0 N–H and O–H groups in total. The second-order valence-electron chi connectivity index (χ2n) is 5.67. The van der Waals surface area contributed by atoms with Gasteiger partial charge in [0, 0.05) is 0 Å². The summed E-state index contributed by atoms with van der Waals surface area (Å²) >= 11 is 0. The number of rotatable bonds is 5. The molecule has 0 atom stereocenters. The Bertz CT molecular complexity index is 946. The molecule has 3 aromatic carbocycles. The van der Waals surface area contributed by atoms with Crippen molar-refractivity contribution in [1.29, 1.82) is 5.26 Å². The van der Waals surface area contributed by atoms with Crippen molar-refractivity contribution in [3.63, 3.8) is 0 Å². The van der Waals surface area contributed by atoms with Crippen molar-refractivity contribution in [1.82, 2.24) is 0 Å². The van der Waals surface area contributed by atoms with E-state index >= 15 is 0 Å². The quantitative estimate of drug-likeness (QED) is 0.579. The van der Waals surface area contributed by atoms with Gasteiger partial charge in [-0.3, -0.25) is 0 Å². The van der Waals surface area contributed by atoms with E-state index < -0.39 is 6.36 Å².